The molecule has 2 atom stereocenters. The number of nitrogens with zero attached hydrogens (tertiary/aromatic N) is 1. The minimum atomic E-state index is -3.79. The lowest BCUT2D eigenvalue weighted by Crippen LogP contribution is -2.45. The van der Waals surface area contributed by atoms with Crippen LogP contribution in [0.4, 0.5) is 0 Å². The number of carbonyl (C=O) groups excluding carboxylic acids is 1. The first-order chi connectivity index (χ1) is 10.2. The van der Waals surface area contributed by atoms with Crippen LogP contribution in [0, 0.1) is 11.8 Å². The van der Waals surface area contributed by atoms with E-state index >= 15 is 0 Å². The number of nitrogens with two attached hydrogens (primary N) is 1. The highest BCUT2D eigenvalue weighted by molar-refractivity contribution is 7.89. The van der Waals surface area contributed by atoms with Gasteiger partial charge < -0.3 is 10.8 Å². The normalized spacial score (nSPS) is 23.1. The molecule has 0 aromatic heterocycles. The second kappa shape index (κ2) is 6.05. The Balaban J connectivity index is 2.28. The van der Waals surface area contributed by atoms with Gasteiger partial charge in [-0.25, -0.2) is 8.42 Å². The molecular weight excluding hydrogens is 308 g/mol. The molecule has 1 amide bonds. The van der Waals surface area contributed by atoms with Crippen molar-refractivity contribution < 1.29 is 23.1 Å². The molecule has 22 heavy (non-hydrogen) atoms. The molecule has 0 spiro atoms. The van der Waals surface area contributed by atoms with E-state index in [1.54, 1.807) is 0 Å². The third-order valence-corrected chi connectivity index (χ3v) is 5.60. The zero-order valence-electron chi connectivity index (χ0n) is 12.1. The van der Waals surface area contributed by atoms with Crippen LogP contribution in [0.3, 0.4) is 0 Å². The molecule has 3 N–H and O–H groups in total. The Hall–Kier alpha value is -1.93. The van der Waals surface area contributed by atoms with E-state index in [0.29, 0.717) is 6.42 Å². The number of aliphatic carboxylic acids is 1. The summed E-state index contributed by atoms with van der Waals surface area (Å²) in [4.78, 5) is 22.2. The predicted octanol–water partition coefficient (Wildman–Crippen LogP) is 0.517. The van der Waals surface area contributed by atoms with E-state index in [-0.39, 0.29) is 29.5 Å². The van der Waals surface area contributed by atoms with Crippen LogP contribution in [0.25, 0.3) is 0 Å². The number of amides is 1. The fourth-order valence-electron chi connectivity index (χ4n) is 2.62. The number of piperidine rings is 1. The molecule has 2 rings (SSSR count). The first kappa shape index (κ1) is 16.4. The van der Waals surface area contributed by atoms with E-state index in [9.17, 15) is 18.0 Å². The number of rotatable bonds is 4. The molecule has 1 heterocycles. The molecule has 7 nitrogen and oxygen atoms in total. The molecule has 2 unspecified atom stereocenters. The number of carbonyl (C=O) groups is 2. The summed E-state index contributed by atoms with van der Waals surface area (Å²) < 4.78 is 26.4. The van der Waals surface area contributed by atoms with Crippen LogP contribution in [0.2, 0.25) is 0 Å². The Labute approximate surface area is 128 Å². The smallest absolute Gasteiger partial charge is 0.307 e. The standard InChI is InChI=1S/C14H18N2O5S/c1-9-6-11(14(18)19)8-16(7-9)22(20,21)12-4-2-10(3-5-12)13(15)17/h2-5,9,11H,6-8H2,1H3,(H2,15,17)(H,18,19). The number of primary amides is 1. The quantitative estimate of drug-likeness (QED) is 0.836. The molecule has 8 heteroatoms. The molecule has 1 saturated heterocycles. The van der Waals surface area contributed by atoms with Gasteiger partial charge in [0, 0.05) is 18.7 Å². The number of carboxylic acid groups (broad SMARTS) is 1. The van der Waals surface area contributed by atoms with Gasteiger partial charge in [-0.3, -0.25) is 9.59 Å². The average molecular weight is 326 g/mol. The van der Waals surface area contributed by atoms with Crippen LogP contribution in [0.5, 0.6) is 0 Å². The van der Waals surface area contributed by atoms with E-state index in [1.807, 2.05) is 6.92 Å². The first-order valence-electron chi connectivity index (χ1n) is 6.84. The molecule has 1 fully saturated rings. The van der Waals surface area contributed by atoms with Gasteiger partial charge >= 0.3 is 5.97 Å². The van der Waals surface area contributed by atoms with Gasteiger partial charge in [-0.2, -0.15) is 4.31 Å². The van der Waals surface area contributed by atoms with E-state index in [4.69, 9.17) is 10.8 Å². The van der Waals surface area contributed by atoms with Gasteiger partial charge in [0.05, 0.1) is 10.8 Å². The molecule has 0 saturated carbocycles. The van der Waals surface area contributed by atoms with Crippen molar-refractivity contribution in [3.05, 3.63) is 29.8 Å². The average Bonchev–Trinajstić information content (AvgIpc) is 2.46. The predicted molar refractivity (Wildman–Crippen MR) is 78.6 cm³/mol. The van der Waals surface area contributed by atoms with Crippen LogP contribution in [0.15, 0.2) is 29.2 Å². The molecule has 120 valence electrons. The molecule has 0 bridgehead atoms. The highest BCUT2D eigenvalue weighted by atomic mass is 32.2. The van der Waals surface area contributed by atoms with Crippen LogP contribution in [0.1, 0.15) is 23.7 Å². The summed E-state index contributed by atoms with van der Waals surface area (Å²) in [5, 5.41) is 9.13. The Morgan fingerprint density at radius 2 is 1.82 bits per heavy atom. The summed E-state index contributed by atoms with van der Waals surface area (Å²) >= 11 is 0. The van der Waals surface area contributed by atoms with Crippen molar-refractivity contribution >= 4 is 21.9 Å². The van der Waals surface area contributed by atoms with Crippen LogP contribution in [-0.2, 0) is 14.8 Å². The molecule has 0 radical (unpaired) electrons. The fraction of sp³-hybridized carbons (Fsp3) is 0.429. The number of hydrogen-bond acceptors (Lipinski definition) is 4. The number of carboxylic acids is 1. The second-order valence-corrected chi connectivity index (χ2v) is 7.52. The van der Waals surface area contributed by atoms with Crippen molar-refractivity contribution in [2.45, 2.75) is 18.2 Å². The maximum atomic E-state index is 12.6. The topological polar surface area (TPSA) is 118 Å². The lowest BCUT2D eigenvalue weighted by atomic mass is 9.92. The van der Waals surface area contributed by atoms with Gasteiger partial charge in [0.2, 0.25) is 15.9 Å². The Kier molecular flexibility index (Phi) is 4.52. The van der Waals surface area contributed by atoms with Crippen molar-refractivity contribution in [1.29, 1.82) is 0 Å². The van der Waals surface area contributed by atoms with Gasteiger partial charge in [0.15, 0.2) is 0 Å². The fourth-order valence-corrected chi connectivity index (χ4v) is 4.22. The second-order valence-electron chi connectivity index (χ2n) is 5.59. The molecule has 1 aliphatic rings. The van der Waals surface area contributed by atoms with E-state index < -0.39 is 27.8 Å². The minimum Gasteiger partial charge on any atom is -0.481 e. The Morgan fingerprint density at radius 3 is 2.32 bits per heavy atom. The van der Waals surface area contributed by atoms with Crippen LogP contribution < -0.4 is 5.73 Å². The van der Waals surface area contributed by atoms with Gasteiger partial charge in [0.1, 0.15) is 0 Å². The zero-order valence-corrected chi connectivity index (χ0v) is 12.9. The number of hydrogen-bond donors (Lipinski definition) is 2. The highest BCUT2D eigenvalue weighted by Crippen LogP contribution is 2.27. The van der Waals surface area contributed by atoms with Crippen molar-refractivity contribution in [2.75, 3.05) is 13.1 Å². The maximum Gasteiger partial charge on any atom is 0.307 e. The summed E-state index contributed by atoms with van der Waals surface area (Å²) in [5.41, 5.74) is 5.34. The monoisotopic (exact) mass is 326 g/mol. The van der Waals surface area contributed by atoms with Crippen molar-refractivity contribution in [3.8, 4) is 0 Å². The van der Waals surface area contributed by atoms with Gasteiger partial charge in [-0.1, -0.05) is 6.92 Å². The Bertz CT molecular complexity index is 684. The lowest BCUT2D eigenvalue weighted by Gasteiger charge is -2.33. The number of sulfonamides is 1. The molecule has 1 aliphatic heterocycles. The first-order valence-corrected chi connectivity index (χ1v) is 8.28. The molecular formula is C14H18N2O5S. The van der Waals surface area contributed by atoms with Crippen molar-refractivity contribution in [3.63, 3.8) is 0 Å². The third kappa shape index (κ3) is 3.28. The highest BCUT2D eigenvalue weighted by Gasteiger charge is 2.36. The van der Waals surface area contributed by atoms with E-state index in [1.165, 1.54) is 28.6 Å². The van der Waals surface area contributed by atoms with E-state index in [0.717, 1.165) is 0 Å². The van der Waals surface area contributed by atoms with Gasteiger partial charge in [0.25, 0.3) is 0 Å². The zero-order chi connectivity index (χ0) is 16.5. The number of benzene rings is 1. The lowest BCUT2D eigenvalue weighted by molar-refractivity contribution is -0.143. The van der Waals surface area contributed by atoms with Gasteiger partial charge in [-0.05, 0) is 36.6 Å². The van der Waals surface area contributed by atoms with E-state index in [2.05, 4.69) is 0 Å². The summed E-state index contributed by atoms with van der Waals surface area (Å²) in [7, 11) is -3.79. The van der Waals surface area contributed by atoms with Crippen molar-refractivity contribution in [2.24, 2.45) is 17.6 Å². The van der Waals surface area contributed by atoms with Crippen LogP contribution in [-0.4, -0.2) is 42.8 Å². The van der Waals surface area contributed by atoms with Gasteiger partial charge in [-0.15, -0.1) is 0 Å². The minimum absolute atomic E-state index is 0.0238. The largest absolute Gasteiger partial charge is 0.481 e. The molecule has 1 aromatic rings. The SMILES string of the molecule is CC1CC(C(=O)O)CN(S(=O)(=O)c2ccc(C(N)=O)cc2)C1. The molecule has 1 aromatic carbocycles. The third-order valence-electron chi connectivity index (χ3n) is 3.75. The maximum absolute atomic E-state index is 12.6. The summed E-state index contributed by atoms with van der Waals surface area (Å²) in [5.74, 6) is -2.37. The summed E-state index contributed by atoms with van der Waals surface area (Å²) in [6.07, 6.45) is 0.460. The molecule has 0 aliphatic carbocycles. The Morgan fingerprint density at radius 1 is 1.23 bits per heavy atom. The summed E-state index contributed by atoms with van der Waals surface area (Å²) in [6.45, 7) is 2.07. The summed E-state index contributed by atoms with van der Waals surface area (Å²) in [6, 6.07) is 5.31. The van der Waals surface area contributed by atoms with Crippen LogP contribution >= 0.6 is 0 Å². The van der Waals surface area contributed by atoms with Crippen molar-refractivity contribution in [1.82, 2.24) is 4.31 Å².